The number of carbonyl (C=O) groups excluding carboxylic acids is 1. The molecule has 19 heavy (non-hydrogen) atoms. The Morgan fingerprint density at radius 2 is 2.05 bits per heavy atom. The summed E-state index contributed by atoms with van der Waals surface area (Å²) in [5.41, 5.74) is 7.15. The van der Waals surface area contributed by atoms with E-state index in [9.17, 15) is 4.79 Å². The summed E-state index contributed by atoms with van der Waals surface area (Å²) in [5, 5.41) is 4.33. The van der Waals surface area contributed by atoms with Gasteiger partial charge < -0.3 is 10.6 Å². The predicted octanol–water partition coefficient (Wildman–Crippen LogP) is -0.0721. The minimum absolute atomic E-state index is 0.0925. The number of carbonyl (C=O) groups is 1. The molecule has 0 aliphatic carbocycles. The smallest absolute Gasteiger partial charge is 0.272 e. The molecule has 2 rings (SSSR count). The molecule has 0 aromatic carbocycles. The monoisotopic (exact) mass is 265 g/mol. The maximum Gasteiger partial charge on any atom is 0.272 e. The summed E-state index contributed by atoms with van der Waals surface area (Å²) >= 11 is 0. The molecule has 106 valence electrons. The molecule has 1 aliphatic rings. The number of nitrogens with zero attached hydrogens (tertiary/aromatic N) is 4. The van der Waals surface area contributed by atoms with E-state index in [4.69, 9.17) is 5.73 Å². The molecule has 2 N–H and O–H groups in total. The van der Waals surface area contributed by atoms with Gasteiger partial charge in [-0.05, 0) is 19.9 Å². The molecular formula is C13H23N5O. The lowest BCUT2D eigenvalue weighted by Gasteiger charge is -2.34. The van der Waals surface area contributed by atoms with Gasteiger partial charge in [0, 0.05) is 45.8 Å². The summed E-state index contributed by atoms with van der Waals surface area (Å²) in [6.07, 6.45) is 0. The standard InChI is InChI=1S/C13H23N5O/c1-3-18-12(10-11(2)15-18)13(19)17-8-6-16(5-4-14)7-9-17/h10H,3-9,14H2,1-2H3. The Hall–Kier alpha value is -1.40. The van der Waals surface area contributed by atoms with Crippen LogP contribution in [0.5, 0.6) is 0 Å². The number of aromatic nitrogens is 2. The summed E-state index contributed by atoms with van der Waals surface area (Å²) in [6, 6.07) is 1.87. The van der Waals surface area contributed by atoms with Crippen molar-refractivity contribution < 1.29 is 4.79 Å². The first kappa shape index (κ1) is 14.0. The van der Waals surface area contributed by atoms with Crippen LogP contribution in [0.25, 0.3) is 0 Å². The lowest BCUT2D eigenvalue weighted by Crippen LogP contribution is -2.50. The normalized spacial score (nSPS) is 16.9. The lowest BCUT2D eigenvalue weighted by atomic mass is 10.2. The highest BCUT2D eigenvalue weighted by atomic mass is 16.2. The van der Waals surface area contributed by atoms with Crippen molar-refractivity contribution >= 4 is 5.91 Å². The van der Waals surface area contributed by atoms with E-state index in [0.29, 0.717) is 12.2 Å². The van der Waals surface area contributed by atoms with Crippen LogP contribution >= 0.6 is 0 Å². The van der Waals surface area contributed by atoms with Gasteiger partial charge in [-0.2, -0.15) is 5.10 Å². The molecule has 1 fully saturated rings. The van der Waals surface area contributed by atoms with Crippen LogP contribution in [0.2, 0.25) is 0 Å². The van der Waals surface area contributed by atoms with Gasteiger partial charge in [-0.3, -0.25) is 14.4 Å². The third-order valence-corrected chi connectivity index (χ3v) is 3.53. The Labute approximate surface area is 114 Å². The second-order valence-electron chi connectivity index (χ2n) is 4.91. The molecule has 0 unspecified atom stereocenters. The number of aryl methyl sites for hydroxylation is 2. The molecule has 0 spiro atoms. The van der Waals surface area contributed by atoms with Gasteiger partial charge in [0.1, 0.15) is 5.69 Å². The zero-order valence-corrected chi connectivity index (χ0v) is 11.8. The van der Waals surface area contributed by atoms with Crippen LogP contribution in [0.4, 0.5) is 0 Å². The Kier molecular flexibility index (Phi) is 4.55. The van der Waals surface area contributed by atoms with E-state index >= 15 is 0 Å². The highest BCUT2D eigenvalue weighted by Gasteiger charge is 2.24. The van der Waals surface area contributed by atoms with E-state index in [1.807, 2.05) is 24.8 Å². The molecule has 1 aromatic rings. The Morgan fingerprint density at radius 3 is 2.63 bits per heavy atom. The van der Waals surface area contributed by atoms with E-state index in [1.54, 1.807) is 4.68 Å². The first-order valence-electron chi connectivity index (χ1n) is 6.92. The summed E-state index contributed by atoms with van der Waals surface area (Å²) in [5.74, 6) is 0.0925. The zero-order valence-electron chi connectivity index (χ0n) is 11.8. The van der Waals surface area contributed by atoms with E-state index in [1.165, 1.54) is 0 Å². The van der Waals surface area contributed by atoms with Crippen LogP contribution in [0.15, 0.2) is 6.07 Å². The largest absolute Gasteiger partial charge is 0.335 e. The van der Waals surface area contributed by atoms with Crippen LogP contribution in [0.1, 0.15) is 23.1 Å². The molecule has 1 aromatic heterocycles. The molecule has 0 bridgehead atoms. The molecule has 0 radical (unpaired) electrons. The molecule has 6 heteroatoms. The van der Waals surface area contributed by atoms with Crippen molar-refractivity contribution in [3.05, 3.63) is 17.5 Å². The molecule has 1 saturated heterocycles. The van der Waals surface area contributed by atoms with Crippen LogP contribution in [-0.2, 0) is 6.54 Å². The average molecular weight is 265 g/mol. The summed E-state index contributed by atoms with van der Waals surface area (Å²) in [6.45, 7) is 9.58. The second kappa shape index (κ2) is 6.16. The third kappa shape index (κ3) is 3.13. The number of rotatable bonds is 4. The molecule has 2 heterocycles. The Bertz CT molecular complexity index is 434. The summed E-state index contributed by atoms with van der Waals surface area (Å²) in [7, 11) is 0. The Morgan fingerprint density at radius 1 is 1.37 bits per heavy atom. The van der Waals surface area contributed by atoms with Gasteiger partial charge in [-0.25, -0.2) is 0 Å². The lowest BCUT2D eigenvalue weighted by molar-refractivity contribution is 0.0629. The molecule has 0 atom stereocenters. The average Bonchev–Trinajstić information content (AvgIpc) is 2.80. The van der Waals surface area contributed by atoms with E-state index in [2.05, 4.69) is 10.00 Å². The first-order chi connectivity index (χ1) is 9.15. The van der Waals surface area contributed by atoms with Gasteiger partial charge in [0.05, 0.1) is 5.69 Å². The quantitative estimate of drug-likeness (QED) is 0.827. The predicted molar refractivity (Wildman–Crippen MR) is 74.0 cm³/mol. The fourth-order valence-electron chi connectivity index (χ4n) is 2.48. The fourth-order valence-corrected chi connectivity index (χ4v) is 2.48. The van der Waals surface area contributed by atoms with Crippen LogP contribution in [-0.4, -0.2) is 64.8 Å². The maximum atomic E-state index is 12.5. The summed E-state index contributed by atoms with van der Waals surface area (Å²) in [4.78, 5) is 16.7. The third-order valence-electron chi connectivity index (χ3n) is 3.53. The highest BCUT2D eigenvalue weighted by Crippen LogP contribution is 2.10. The van der Waals surface area contributed by atoms with Crippen molar-refractivity contribution in [2.24, 2.45) is 5.73 Å². The number of piperazine rings is 1. The molecule has 1 amide bonds. The van der Waals surface area contributed by atoms with Crippen molar-refractivity contribution in [1.29, 1.82) is 0 Å². The number of hydrogen-bond acceptors (Lipinski definition) is 4. The topological polar surface area (TPSA) is 67.4 Å². The van der Waals surface area contributed by atoms with Crippen molar-refractivity contribution in [1.82, 2.24) is 19.6 Å². The second-order valence-corrected chi connectivity index (χ2v) is 4.91. The van der Waals surface area contributed by atoms with Gasteiger partial charge >= 0.3 is 0 Å². The van der Waals surface area contributed by atoms with Gasteiger partial charge in [0.15, 0.2) is 0 Å². The minimum atomic E-state index is 0.0925. The van der Waals surface area contributed by atoms with E-state index < -0.39 is 0 Å². The van der Waals surface area contributed by atoms with Gasteiger partial charge in [-0.1, -0.05) is 0 Å². The zero-order chi connectivity index (χ0) is 13.8. The molecule has 0 saturated carbocycles. The van der Waals surface area contributed by atoms with Gasteiger partial charge in [-0.15, -0.1) is 0 Å². The number of nitrogens with two attached hydrogens (primary N) is 1. The van der Waals surface area contributed by atoms with Crippen LogP contribution < -0.4 is 5.73 Å². The van der Waals surface area contributed by atoms with Crippen molar-refractivity contribution in [3.63, 3.8) is 0 Å². The van der Waals surface area contributed by atoms with Crippen molar-refractivity contribution in [2.45, 2.75) is 20.4 Å². The Balaban J connectivity index is 2.01. The molecule has 1 aliphatic heterocycles. The first-order valence-corrected chi connectivity index (χ1v) is 6.92. The van der Waals surface area contributed by atoms with Gasteiger partial charge in [0.25, 0.3) is 5.91 Å². The van der Waals surface area contributed by atoms with E-state index in [0.717, 1.165) is 45.0 Å². The maximum absolute atomic E-state index is 12.5. The fraction of sp³-hybridized carbons (Fsp3) is 0.692. The van der Waals surface area contributed by atoms with Crippen molar-refractivity contribution in [3.8, 4) is 0 Å². The van der Waals surface area contributed by atoms with Gasteiger partial charge in [0.2, 0.25) is 0 Å². The van der Waals surface area contributed by atoms with Crippen molar-refractivity contribution in [2.75, 3.05) is 39.3 Å². The molecule has 6 nitrogen and oxygen atoms in total. The number of hydrogen-bond donors (Lipinski definition) is 1. The van der Waals surface area contributed by atoms with Crippen LogP contribution in [0, 0.1) is 6.92 Å². The SMILES string of the molecule is CCn1nc(C)cc1C(=O)N1CCN(CCN)CC1. The summed E-state index contributed by atoms with van der Waals surface area (Å²) < 4.78 is 1.78. The minimum Gasteiger partial charge on any atom is -0.335 e. The van der Waals surface area contributed by atoms with E-state index in [-0.39, 0.29) is 5.91 Å². The number of amides is 1. The molecular weight excluding hydrogens is 242 g/mol. The van der Waals surface area contributed by atoms with Crippen LogP contribution in [0.3, 0.4) is 0 Å². The highest BCUT2D eigenvalue weighted by molar-refractivity contribution is 5.92.